The Bertz CT molecular complexity index is 1360. The number of nitrogens with one attached hydrogen (secondary N) is 1. The highest BCUT2D eigenvalue weighted by atomic mass is 16.3. The van der Waals surface area contributed by atoms with Crippen molar-refractivity contribution < 1.29 is 14.7 Å². The van der Waals surface area contributed by atoms with Crippen molar-refractivity contribution in [2.45, 2.75) is 26.9 Å². The van der Waals surface area contributed by atoms with E-state index in [2.05, 4.69) is 11.1 Å². The van der Waals surface area contributed by atoms with E-state index in [1.54, 1.807) is 47.2 Å². The van der Waals surface area contributed by atoms with Crippen molar-refractivity contribution in [3.8, 4) is 5.75 Å². The normalized spacial score (nSPS) is 10.9. The van der Waals surface area contributed by atoms with Gasteiger partial charge in [-0.2, -0.15) is 0 Å². The van der Waals surface area contributed by atoms with Gasteiger partial charge in [0.1, 0.15) is 5.75 Å². The number of phenols is 1. The van der Waals surface area contributed by atoms with Gasteiger partial charge >= 0.3 is 0 Å². The van der Waals surface area contributed by atoms with Gasteiger partial charge < -0.3 is 25.6 Å². The highest BCUT2D eigenvalue weighted by Gasteiger charge is 2.19. The number of fused-ring (bicyclic) bond motifs is 1. The number of carbonyl (C=O) groups is 2. The number of H-pyrrole nitrogens is 1. The molecule has 0 radical (unpaired) electrons. The maximum Gasteiger partial charge on any atom is 0.253 e. The number of carbonyl (C=O) groups excluding carboxylic acids is 2. The van der Waals surface area contributed by atoms with Crippen LogP contribution in [0.5, 0.6) is 5.75 Å². The molecule has 0 bridgehead atoms. The van der Waals surface area contributed by atoms with Gasteiger partial charge in [-0.05, 0) is 66.6 Å². The molecule has 174 valence electrons. The molecule has 0 saturated heterocycles. The molecule has 4 N–H and O–H groups in total. The van der Waals surface area contributed by atoms with Gasteiger partial charge in [-0.3, -0.25) is 9.59 Å². The van der Waals surface area contributed by atoms with E-state index in [4.69, 9.17) is 5.73 Å². The van der Waals surface area contributed by atoms with Crippen molar-refractivity contribution in [3.63, 3.8) is 0 Å². The summed E-state index contributed by atoms with van der Waals surface area (Å²) in [5.41, 5.74) is 11.6. The largest absolute Gasteiger partial charge is 0.508 e. The average Bonchev–Trinajstić information content (AvgIpc) is 3.13. The number of hydrogen-bond donors (Lipinski definition) is 3. The molecule has 0 aliphatic carbocycles. The van der Waals surface area contributed by atoms with E-state index in [-0.39, 0.29) is 24.1 Å². The molecule has 4 rings (SSSR count). The number of phenolic OH excluding ortho intramolecular Hbond substituents is 1. The molecule has 0 atom stereocenters. The third kappa shape index (κ3) is 4.59. The first-order chi connectivity index (χ1) is 16.2. The fraction of sp³-hybridized carbons (Fsp3) is 0.185. The summed E-state index contributed by atoms with van der Waals surface area (Å²) in [5.74, 6) is -0.195. The number of nitrogens with zero attached hydrogens (tertiary/aromatic N) is 2. The zero-order valence-electron chi connectivity index (χ0n) is 19.5. The first-order valence-corrected chi connectivity index (χ1v) is 11.0. The Hall–Kier alpha value is -4.26. The number of benzene rings is 3. The van der Waals surface area contributed by atoms with E-state index < -0.39 is 0 Å². The molecule has 0 saturated carbocycles. The van der Waals surface area contributed by atoms with Crippen molar-refractivity contribution >= 4 is 34.1 Å². The van der Waals surface area contributed by atoms with Crippen LogP contribution in [0, 0.1) is 6.92 Å². The molecule has 7 nitrogen and oxygen atoms in total. The summed E-state index contributed by atoms with van der Waals surface area (Å²) in [4.78, 5) is 32.2. The lowest BCUT2D eigenvalue weighted by Crippen LogP contribution is -2.29. The van der Waals surface area contributed by atoms with Crippen molar-refractivity contribution in [3.05, 3.63) is 89.1 Å². The fourth-order valence-electron chi connectivity index (χ4n) is 4.09. The van der Waals surface area contributed by atoms with Crippen molar-refractivity contribution in [1.82, 2.24) is 9.88 Å². The van der Waals surface area contributed by atoms with Gasteiger partial charge in [0.15, 0.2) is 0 Å². The molecular formula is C27H28N4O3. The summed E-state index contributed by atoms with van der Waals surface area (Å²) < 4.78 is 0. The number of para-hydroxylation sites is 1. The molecule has 34 heavy (non-hydrogen) atoms. The summed E-state index contributed by atoms with van der Waals surface area (Å²) in [5, 5.41) is 10.7. The van der Waals surface area contributed by atoms with Crippen LogP contribution in [-0.2, 0) is 17.9 Å². The van der Waals surface area contributed by atoms with E-state index in [1.807, 2.05) is 25.1 Å². The summed E-state index contributed by atoms with van der Waals surface area (Å²) in [6, 6.07) is 19.6. The summed E-state index contributed by atoms with van der Waals surface area (Å²) in [6.45, 7) is 4.16. The molecule has 0 fully saturated rings. The Morgan fingerprint density at radius 3 is 2.38 bits per heavy atom. The molecular weight excluding hydrogens is 428 g/mol. The minimum Gasteiger partial charge on any atom is -0.508 e. The maximum atomic E-state index is 13.2. The highest BCUT2D eigenvalue weighted by molar-refractivity contribution is 5.95. The zero-order chi connectivity index (χ0) is 24.4. The third-order valence-electron chi connectivity index (χ3n) is 6.07. The first-order valence-electron chi connectivity index (χ1n) is 11.0. The standard InChI is InChI=1S/C27H28N4O3/c1-17-23-6-4-5-7-25(23)29-26(17)16-30(3)27(34)19-8-13-24(28)20(14-19)15-31(18(2)32)21-9-11-22(33)12-10-21/h4-14,29,33H,15-16,28H2,1-3H3. The van der Waals surface area contributed by atoms with Crippen LogP contribution in [0.3, 0.4) is 0 Å². The Kier molecular flexibility index (Phi) is 6.27. The minimum absolute atomic E-state index is 0.118. The van der Waals surface area contributed by atoms with E-state index in [0.29, 0.717) is 29.0 Å². The monoisotopic (exact) mass is 456 g/mol. The third-order valence-corrected chi connectivity index (χ3v) is 6.07. The van der Waals surface area contributed by atoms with E-state index in [9.17, 15) is 14.7 Å². The molecule has 7 heteroatoms. The predicted molar refractivity (Wildman–Crippen MR) is 135 cm³/mol. The van der Waals surface area contributed by atoms with Gasteiger partial charge in [0.2, 0.25) is 5.91 Å². The lowest BCUT2D eigenvalue weighted by atomic mass is 10.1. The quantitative estimate of drug-likeness (QED) is 0.369. The maximum absolute atomic E-state index is 13.2. The van der Waals surface area contributed by atoms with Crippen LogP contribution in [0.4, 0.5) is 11.4 Å². The second-order valence-electron chi connectivity index (χ2n) is 8.47. The number of anilines is 2. The van der Waals surface area contributed by atoms with Gasteiger partial charge in [0.25, 0.3) is 5.91 Å². The van der Waals surface area contributed by atoms with Crippen LogP contribution in [0.2, 0.25) is 0 Å². The van der Waals surface area contributed by atoms with Crippen LogP contribution < -0.4 is 10.6 Å². The average molecular weight is 457 g/mol. The fourth-order valence-corrected chi connectivity index (χ4v) is 4.09. The van der Waals surface area contributed by atoms with Gasteiger partial charge in [-0.25, -0.2) is 0 Å². The van der Waals surface area contributed by atoms with Crippen molar-refractivity contribution in [2.24, 2.45) is 0 Å². The Balaban J connectivity index is 1.56. The highest BCUT2D eigenvalue weighted by Crippen LogP contribution is 2.25. The molecule has 0 unspecified atom stereocenters. The molecule has 3 aromatic carbocycles. The summed E-state index contributed by atoms with van der Waals surface area (Å²) >= 11 is 0. The van der Waals surface area contributed by atoms with Crippen molar-refractivity contribution in [1.29, 1.82) is 0 Å². The number of aromatic amines is 1. The second-order valence-corrected chi connectivity index (χ2v) is 8.47. The van der Waals surface area contributed by atoms with E-state index in [1.165, 1.54) is 19.1 Å². The number of nitrogens with two attached hydrogens (primary N) is 1. The van der Waals surface area contributed by atoms with E-state index in [0.717, 1.165) is 22.2 Å². The smallest absolute Gasteiger partial charge is 0.253 e. The number of aromatic hydroxyl groups is 1. The minimum atomic E-state index is -0.173. The second kappa shape index (κ2) is 9.31. The number of rotatable bonds is 6. The first kappa shape index (κ1) is 22.9. The van der Waals surface area contributed by atoms with Crippen LogP contribution in [0.15, 0.2) is 66.7 Å². The number of aromatic nitrogens is 1. The molecule has 1 aromatic heterocycles. The van der Waals surface area contributed by atoms with E-state index >= 15 is 0 Å². The predicted octanol–water partition coefficient (Wildman–Crippen LogP) is 4.59. The molecule has 0 aliphatic rings. The number of aryl methyl sites for hydroxylation is 1. The lowest BCUT2D eigenvalue weighted by Gasteiger charge is -2.23. The lowest BCUT2D eigenvalue weighted by molar-refractivity contribution is -0.116. The number of hydrogen-bond acceptors (Lipinski definition) is 4. The number of nitrogen functional groups attached to an aromatic ring is 1. The van der Waals surface area contributed by atoms with Gasteiger partial charge in [-0.1, -0.05) is 18.2 Å². The van der Waals surface area contributed by atoms with Crippen molar-refractivity contribution in [2.75, 3.05) is 17.7 Å². The van der Waals surface area contributed by atoms with Gasteiger partial charge in [0.05, 0.1) is 13.1 Å². The SMILES string of the molecule is CC(=O)N(Cc1cc(C(=O)N(C)Cc2[nH]c3ccccc3c2C)ccc1N)c1ccc(O)cc1. The Labute approximate surface area is 198 Å². The molecule has 0 aliphatic heterocycles. The van der Waals surface area contributed by atoms with Crippen LogP contribution in [0.25, 0.3) is 10.9 Å². The van der Waals surface area contributed by atoms with Crippen LogP contribution >= 0.6 is 0 Å². The van der Waals surface area contributed by atoms with Crippen LogP contribution in [-0.4, -0.2) is 33.9 Å². The van der Waals surface area contributed by atoms with Gasteiger partial charge in [-0.15, -0.1) is 0 Å². The topological polar surface area (TPSA) is 103 Å². The Morgan fingerprint density at radius 2 is 1.71 bits per heavy atom. The number of amides is 2. The van der Waals surface area contributed by atoms with Crippen LogP contribution in [0.1, 0.15) is 34.1 Å². The zero-order valence-corrected chi connectivity index (χ0v) is 19.5. The Morgan fingerprint density at radius 1 is 1.00 bits per heavy atom. The molecule has 1 heterocycles. The molecule has 4 aromatic rings. The van der Waals surface area contributed by atoms with Gasteiger partial charge in [0, 0.05) is 47.5 Å². The molecule has 0 spiro atoms. The summed E-state index contributed by atoms with van der Waals surface area (Å²) in [7, 11) is 1.77. The molecule has 2 amide bonds. The summed E-state index contributed by atoms with van der Waals surface area (Å²) in [6.07, 6.45) is 0.